The van der Waals surface area contributed by atoms with E-state index in [-0.39, 0.29) is 17.7 Å². The summed E-state index contributed by atoms with van der Waals surface area (Å²) in [7, 11) is 1.39. The number of halogens is 1. The highest BCUT2D eigenvalue weighted by Gasteiger charge is 2.18. The van der Waals surface area contributed by atoms with Crippen molar-refractivity contribution in [3.63, 3.8) is 0 Å². The zero-order chi connectivity index (χ0) is 13.7. The van der Waals surface area contributed by atoms with E-state index >= 15 is 0 Å². The number of hydrogen-bond donors (Lipinski definition) is 0. The van der Waals surface area contributed by atoms with Gasteiger partial charge in [-0.15, -0.1) is 0 Å². The van der Waals surface area contributed by atoms with Crippen LogP contribution < -0.4 is 0 Å². The van der Waals surface area contributed by atoms with Gasteiger partial charge < -0.3 is 4.74 Å². The maximum atomic E-state index is 13.3. The molecule has 0 saturated heterocycles. The fraction of sp³-hybridized carbons (Fsp3) is 0.533. The molecule has 0 aliphatic heterocycles. The van der Waals surface area contributed by atoms with Crippen LogP contribution in [0.3, 0.4) is 0 Å². The Morgan fingerprint density at radius 2 is 2.06 bits per heavy atom. The molecule has 2 nitrogen and oxygen atoms in total. The highest BCUT2D eigenvalue weighted by Crippen LogP contribution is 2.28. The highest BCUT2D eigenvalue weighted by atomic mass is 19.1. The number of hydrogen-bond acceptors (Lipinski definition) is 2. The molecule has 1 aromatic carbocycles. The molecule has 0 spiro atoms. The van der Waals surface area contributed by atoms with E-state index in [1.54, 1.807) is 13.0 Å². The van der Waals surface area contributed by atoms with E-state index in [0.29, 0.717) is 17.9 Å². The minimum Gasteiger partial charge on any atom is -0.469 e. The predicted octanol–water partition coefficient (Wildman–Crippen LogP) is 3.83. The summed E-state index contributed by atoms with van der Waals surface area (Å²) in [6, 6.07) is 5.05. The number of carbonyl (C=O) groups is 1. The van der Waals surface area contributed by atoms with Gasteiger partial charge in [0, 0.05) is 0 Å². The second-order valence-corrected chi connectivity index (χ2v) is 5.12. The fourth-order valence-corrected chi connectivity index (χ4v) is 2.11. The monoisotopic (exact) mass is 252 g/mol. The summed E-state index contributed by atoms with van der Waals surface area (Å²) in [4.78, 5) is 11.4. The third-order valence-corrected chi connectivity index (χ3v) is 3.05. The number of ether oxygens (including phenoxy) is 1. The third-order valence-electron chi connectivity index (χ3n) is 3.05. The molecule has 0 saturated carbocycles. The minimum atomic E-state index is -0.220. The van der Waals surface area contributed by atoms with Crippen molar-refractivity contribution in [3.05, 3.63) is 35.1 Å². The van der Waals surface area contributed by atoms with Crippen molar-refractivity contribution < 1.29 is 13.9 Å². The van der Waals surface area contributed by atoms with Crippen LogP contribution in [0.4, 0.5) is 4.39 Å². The summed E-state index contributed by atoms with van der Waals surface area (Å²) >= 11 is 0. The summed E-state index contributed by atoms with van der Waals surface area (Å²) in [6.45, 7) is 5.96. The molecular weight excluding hydrogens is 231 g/mol. The van der Waals surface area contributed by atoms with Crippen molar-refractivity contribution in [1.82, 2.24) is 0 Å². The van der Waals surface area contributed by atoms with Gasteiger partial charge >= 0.3 is 5.97 Å². The van der Waals surface area contributed by atoms with E-state index in [2.05, 4.69) is 13.8 Å². The molecule has 0 aliphatic carbocycles. The standard InChI is InChI=1S/C15H21FO2/c1-10(2)7-13(9-15(17)18-4)12-5-6-14(16)11(3)8-12/h5-6,8,10,13H,7,9H2,1-4H3. The molecule has 0 bridgehead atoms. The van der Waals surface area contributed by atoms with Gasteiger partial charge in [-0.1, -0.05) is 26.0 Å². The molecule has 1 aromatic rings. The van der Waals surface area contributed by atoms with Crippen LogP contribution in [-0.4, -0.2) is 13.1 Å². The Balaban J connectivity index is 2.93. The Labute approximate surface area is 108 Å². The molecule has 3 heteroatoms. The molecule has 1 atom stereocenters. The number of esters is 1. The average molecular weight is 252 g/mol. The molecule has 0 radical (unpaired) electrons. The first kappa shape index (κ1) is 14.7. The van der Waals surface area contributed by atoms with Gasteiger partial charge in [-0.2, -0.15) is 0 Å². The van der Waals surface area contributed by atoms with Crippen LogP contribution in [0.2, 0.25) is 0 Å². The Kier molecular flexibility index (Phi) is 5.32. The first-order chi connectivity index (χ1) is 8.43. The zero-order valence-electron chi connectivity index (χ0n) is 11.5. The fourth-order valence-electron chi connectivity index (χ4n) is 2.11. The quantitative estimate of drug-likeness (QED) is 0.744. The van der Waals surface area contributed by atoms with Crippen LogP contribution in [0.15, 0.2) is 18.2 Å². The van der Waals surface area contributed by atoms with Gasteiger partial charge in [0.15, 0.2) is 0 Å². The van der Waals surface area contributed by atoms with E-state index in [4.69, 9.17) is 4.74 Å². The first-order valence-electron chi connectivity index (χ1n) is 6.27. The molecule has 0 N–H and O–H groups in total. The van der Waals surface area contributed by atoms with Gasteiger partial charge in [-0.25, -0.2) is 4.39 Å². The van der Waals surface area contributed by atoms with Gasteiger partial charge in [0.05, 0.1) is 13.5 Å². The van der Waals surface area contributed by atoms with Crippen LogP contribution in [-0.2, 0) is 9.53 Å². The second kappa shape index (κ2) is 6.53. The molecular formula is C15H21FO2. The molecule has 1 unspecified atom stereocenters. The Morgan fingerprint density at radius 1 is 1.39 bits per heavy atom. The van der Waals surface area contributed by atoms with Crippen LogP contribution in [0, 0.1) is 18.7 Å². The lowest BCUT2D eigenvalue weighted by molar-refractivity contribution is -0.141. The number of aryl methyl sites for hydroxylation is 1. The van der Waals surface area contributed by atoms with E-state index in [1.807, 2.05) is 6.07 Å². The molecule has 0 fully saturated rings. The Bertz CT molecular complexity index is 413. The van der Waals surface area contributed by atoms with Gasteiger partial charge in [0.1, 0.15) is 5.82 Å². The molecule has 0 aromatic heterocycles. The molecule has 0 amide bonds. The minimum absolute atomic E-state index is 0.0942. The summed E-state index contributed by atoms with van der Waals surface area (Å²) in [6.07, 6.45) is 1.24. The topological polar surface area (TPSA) is 26.3 Å². The average Bonchev–Trinajstić information content (AvgIpc) is 2.31. The highest BCUT2D eigenvalue weighted by molar-refractivity contribution is 5.70. The van der Waals surface area contributed by atoms with E-state index < -0.39 is 0 Å². The normalized spacial score (nSPS) is 12.6. The van der Waals surface area contributed by atoms with Crippen LogP contribution in [0.25, 0.3) is 0 Å². The number of rotatable bonds is 5. The van der Waals surface area contributed by atoms with Crippen molar-refractivity contribution in [1.29, 1.82) is 0 Å². The van der Waals surface area contributed by atoms with Crippen molar-refractivity contribution in [3.8, 4) is 0 Å². The van der Waals surface area contributed by atoms with Crippen molar-refractivity contribution in [2.75, 3.05) is 7.11 Å². The number of benzene rings is 1. The zero-order valence-corrected chi connectivity index (χ0v) is 11.5. The maximum Gasteiger partial charge on any atom is 0.306 e. The molecule has 0 aliphatic rings. The number of methoxy groups -OCH3 is 1. The lowest BCUT2D eigenvalue weighted by Crippen LogP contribution is -2.11. The van der Waals surface area contributed by atoms with E-state index in [0.717, 1.165) is 12.0 Å². The molecule has 1 rings (SSSR count). The van der Waals surface area contributed by atoms with Gasteiger partial charge in [0.25, 0.3) is 0 Å². The summed E-state index contributed by atoms with van der Waals surface area (Å²) in [5.41, 5.74) is 1.62. The lowest BCUT2D eigenvalue weighted by atomic mass is 9.87. The molecule has 0 heterocycles. The van der Waals surface area contributed by atoms with Crippen molar-refractivity contribution in [2.45, 2.75) is 39.5 Å². The van der Waals surface area contributed by atoms with Gasteiger partial charge in [0.2, 0.25) is 0 Å². The smallest absolute Gasteiger partial charge is 0.306 e. The molecule has 18 heavy (non-hydrogen) atoms. The predicted molar refractivity (Wildman–Crippen MR) is 70.0 cm³/mol. The molecule has 100 valence electrons. The van der Waals surface area contributed by atoms with Crippen LogP contribution >= 0.6 is 0 Å². The SMILES string of the molecule is COC(=O)CC(CC(C)C)c1ccc(F)c(C)c1. The van der Waals surface area contributed by atoms with Gasteiger partial charge in [-0.3, -0.25) is 4.79 Å². The number of carbonyl (C=O) groups excluding carboxylic acids is 1. The van der Waals surface area contributed by atoms with E-state index in [1.165, 1.54) is 13.2 Å². The van der Waals surface area contributed by atoms with Crippen molar-refractivity contribution >= 4 is 5.97 Å². The summed E-state index contributed by atoms with van der Waals surface area (Å²) in [5, 5.41) is 0. The Morgan fingerprint density at radius 3 is 2.56 bits per heavy atom. The van der Waals surface area contributed by atoms with Crippen LogP contribution in [0.1, 0.15) is 43.7 Å². The first-order valence-corrected chi connectivity index (χ1v) is 6.27. The van der Waals surface area contributed by atoms with Gasteiger partial charge in [-0.05, 0) is 42.4 Å². The maximum absolute atomic E-state index is 13.3. The van der Waals surface area contributed by atoms with E-state index in [9.17, 15) is 9.18 Å². The largest absolute Gasteiger partial charge is 0.469 e. The lowest BCUT2D eigenvalue weighted by Gasteiger charge is -2.19. The summed E-state index contributed by atoms with van der Waals surface area (Å²) < 4.78 is 18.0. The summed E-state index contributed by atoms with van der Waals surface area (Å²) in [5.74, 6) is 0.143. The van der Waals surface area contributed by atoms with Crippen LogP contribution in [0.5, 0.6) is 0 Å². The second-order valence-electron chi connectivity index (χ2n) is 5.12. The third kappa shape index (κ3) is 4.13. The van der Waals surface area contributed by atoms with Crippen molar-refractivity contribution in [2.24, 2.45) is 5.92 Å². The Hall–Kier alpha value is -1.38.